The van der Waals surface area contributed by atoms with E-state index in [2.05, 4.69) is 10.6 Å². The second kappa shape index (κ2) is 14.2. The summed E-state index contributed by atoms with van der Waals surface area (Å²) < 4.78 is 79.0. The Labute approximate surface area is 240 Å². The zero-order valence-corrected chi connectivity index (χ0v) is 25.5. The molecule has 2 aromatic rings. The summed E-state index contributed by atoms with van der Waals surface area (Å²) >= 11 is 0. The first-order valence-corrected chi connectivity index (χ1v) is 16.5. The van der Waals surface area contributed by atoms with Crippen LogP contribution in [0.2, 0.25) is 0 Å². The summed E-state index contributed by atoms with van der Waals surface area (Å²) in [4.78, 5) is 0. The van der Waals surface area contributed by atoms with Crippen molar-refractivity contribution in [1.82, 2.24) is 10.6 Å². The number of halogens is 6. The standard InChI is InChI=1S/C28H38F6N2S3/c1-7-17-35-25(3,4)23(19-9-13-21(14-10-19)27(29,30)31)37-39-38-24(26(5,6)36-18-8-2)20-11-15-22(16-12-20)28(32,33)34/h9-16,23-24,35-36H,7-8,17-18H2,1-6H3. The van der Waals surface area contributed by atoms with Crippen molar-refractivity contribution < 1.29 is 26.3 Å². The molecule has 11 heteroatoms. The van der Waals surface area contributed by atoms with E-state index in [0.717, 1.165) is 61.3 Å². The highest BCUT2D eigenvalue weighted by Crippen LogP contribution is 2.56. The molecule has 2 atom stereocenters. The quantitative estimate of drug-likeness (QED) is 0.163. The van der Waals surface area contributed by atoms with Crippen molar-refractivity contribution in [2.45, 2.75) is 88.3 Å². The maximum atomic E-state index is 13.2. The first kappa shape index (κ1) is 34.2. The van der Waals surface area contributed by atoms with Crippen molar-refractivity contribution in [3.63, 3.8) is 0 Å². The molecule has 0 heterocycles. The Morgan fingerprint density at radius 3 is 1.15 bits per heavy atom. The van der Waals surface area contributed by atoms with E-state index >= 15 is 0 Å². The molecule has 2 nitrogen and oxygen atoms in total. The van der Waals surface area contributed by atoms with Gasteiger partial charge in [-0.3, -0.25) is 0 Å². The molecule has 2 aromatic carbocycles. The Morgan fingerprint density at radius 2 is 0.897 bits per heavy atom. The summed E-state index contributed by atoms with van der Waals surface area (Å²) in [6.45, 7) is 13.7. The van der Waals surface area contributed by atoms with Gasteiger partial charge in [0.1, 0.15) is 0 Å². The third-order valence-corrected chi connectivity index (χ3v) is 11.6. The lowest BCUT2D eigenvalue weighted by molar-refractivity contribution is -0.138. The van der Waals surface area contributed by atoms with Crippen LogP contribution in [-0.2, 0) is 12.4 Å². The number of hydrogen-bond acceptors (Lipinski definition) is 5. The van der Waals surface area contributed by atoms with Crippen molar-refractivity contribution in [1.29, 1.82) is 0 Å². The van der Waals surface area contributed by atoms with Crippen LogP contribution in [0.3, 0.4) is 0 Å². The zero-order valence-electron chi connectivity index (χ0n) is 23.1. The van der Waals surface area contributed by atoms with Crippen LogP contribution in [0.1, 0.15) is 87.1 Å². The number of benzene rings is 2. The molecule has 0 spiro atoms. The number of alkyl halides is 6. The van der Waals surface area contributed by atoms with Crippen molar-refractivity contribution in [3.05, 3.63) is 70.8 Å². The number of hydrogen-bond donors (Lipinski definition) is 2. The van der Waals surface area contributed by atoms with Gasteiger partial charge in [-0.15, -0.1) is 0 Å². The monoisotopic (exact) mass is 612 g/mol. The second-order valence-corrected chi connectivity index (χ2v) is 14.8. The molecular weight excluding hydrogens is 575 g/mol. The zero-order chi connectivity index (χ0) is 29.5. The third-order valence-electron chi connectivity index (χ3n) is 6.32. The Morgan fingerprint density at radius 1 is 0.590 bits per heavy atom. The molecule has 0 fully saturated rings. The van der Waals surface area contributed by atoms with Gasteiger partial charge < -0.3 is 10.6 Å². The molecule has 2 unspecified atom stereocenters. The van der Waals surface area contributed by atoms with Gasteiger partial charge in [-0.25, -0.2) is 0 Å². The van der Waals surface area contributed by atoms with Crippen LogP contribution < -0.4 is 10.6 Å². The SMILES string of the molecule is CCCNC(C)(C)C(SSSC(c1ccc(C(F)(F)F)cc1)C(C)(C)NCCC)c1ccc(C(F)(F)F)cc1. The van der Waals surface area contributed by atoms with E-state index < -0.39 is 34.6 Å². The van der Waals surface area contributed by atoms with Crippen molar-refractivity contribution in [2.24, 2.45) is 0 Å². The molecule has 0 radical (unpaired) electrons. The summed E-state index contributed by atoms with van der Waals surface area (Å²) in [6.07, 6.45) is -7.01. The number of rotatable bonds is 14. The molecule has 0 aliphatic carbocycles. The Balaban J connectivity index is 2.33. The van der Waals surface area contributed by atoms with Gasteiger partial charge in [0.25, 0.3) is 0 Å². The van der Waals surface area contributed by atoms with Crippen LogP contribution in [0.15, 0.2) is 48.5 Å². The lowest BCUT2D eigenvalue weighted by Gasteiger charge is -2.37. The normalized spacial score (nSPS) is 14.9. The van der Waals surface area contributed by atoms with E-state index in [0.29, 0.717) is 0 Å². The lowest BCUT2D eigenvalue weighted by Crippen LogP contribution is -2.44. The van der Waals surface area contributed by atoms with Gasteiger partial charge in [-0.05, 0) is 98.8 Å². The van der Waals surface area contributed by atoms with E-state index in [1.165, 1.54) is 34.1 Å². The minimum absolute atomic E-state index is 0.191. The van der Waals surface area contributed by atoms with Gasteiger partial charge in [0.15, 0.2) is 0 Å². The molecule has 0 aliphatic rings. The molecule has 0 saturated carbocycles. The predicted molar refractivity (Wildman–Crippen MR) is 156 cm³/mol. The summed E-state index contributed by atoms with van der Waals surface area (Å²) in [5.74, 6) is 0. The summed E-state index contributed by atoms with van der Waals surface area (Å²) in [7, 11) is 4.60. The molecule has 0 saturated heterocycles. The van der Waals surface area contributed by atoms with Crippen LogP contribution in [-0.4, -0.2) is 24.2 Å². The van der Waals surface area contributed by atoms with Crippen molar-refractivity contribution in [3.8, 4) is 0 Å². The van der Waals surface area contributed by atoms with Gasteiger partial charge >= 0.3 is 12.4 Å². The maximum absolute atomic E-state index is 13.2. The van der Waals surface area contributed by atoms with Gasteiger partial charge in [-0.2, -0.15) is 26.3 Å². The van der Waals surface area contributed by atoms with E-state index in [1.807, 2.05) is 41.5 Å². The van der Waals surface area contributed by atoms with Gasteiger partial charge in [0, 0.05) is 11.1 Å². The average Bonchev–Trinajstić information content (AvgIpc) is 2.85. The molecule has 220 valence electrons. The van der Waals surface area contributed by atoms with E-state index in [-0.39, 0.29) is 10.5 Å². The van der Waals surface area contributed by atoms with Crippen LogP contribution >= 0.6 is 31.4 Å². The highest BCUT2D eigenvalue weighted by molar-refractivity contribution is 9.09. The van der Waals surface area contributed by atoms with Crippen LogP contribution in [0.4, 0.5) is 26.3 Å². The van der Waals surface area contributed by atoms with E-state index in [4.69, 9.17) is 0 Å². The fourth-order valence-corrected chi connectivity index (χ4v) is 9.99. The molecule has 0 aromatic heterocycles. The molecule has 2 N–H and O–H groups in total. The van der Waals surface area contributed by atoms with Crippen molar-refractivity contribution >= 4 is 31.4 Å². The van der Waals surface area contributed by atoms with Gasteiger partial charge in [0.05, 0.1) is 21.6 Å². The van der Waals surface area contributed by atoms with Crippen LogP contribution in [0.5, 0.6) is 0 Å². The Kier molecular flexibility index (Phi) is 12.5. The van der Waals surface area contributed by atoms with E-state index in [1.54, 1.807) is 21.6 Å². The minimum Gasteiger partial charge on any atom is -0.310 e. The molecule has 0 amide bonds. The predicted octanol–water partition coefficient (Wildman–Crippen LogP) is 10.1. The fourth-order valence-electron chi connectivity index (χ4n) is 4.06. The first-order valence-electron chi connectivity index (χ1n) is 12.9. The summed E-state index contributed by atoms with van der Waals surface area (Å²) in [5.41, 5.74) is -0.722. The molecule has 0 bridgehead atoms. The minimum atomic E-state index is -4.41. The molecule has 39 heavy (non-hydrogen) atoms. The Bertz CT molecular complexity index is 924. The topological polar surface area (TPSA) is 24.1 Å². The molecular formula is C28H38F6N2S3. The maximum Gasteiger partial charge on any atom is 0.416 e. The van der Waals surface area contributed by atoms with Gasteiger partial charge in [-0.1, -0.05) is 59.7 Å². The molecule has 0 aliphatic heterocycles. The highest BCUT2D eigenvalue weighted by Gasteiger charge is 2.37. The first-order chi connectivity index (χ1) is 18.0. The molecule has 2 rings (SSSR count). The van der Waals surface area contributed by atoms with Crippen LogP contribution in [0.25, 0.3) is 0 Å². The number of nitrogens with one attached hydrogen (secondary N) is 2. The Hall–Kier alpha value is -1.01. The third kappa shape index (κ3) is 10.1. The summed E-state index contributed by atoms with van der Waals surface area (Å²) in [5, 5.41) is 6.65. The van der Waals surface area contributed by atoms with Crippen molar-refractivity contribution in [2.75, 3.05) is 13.1 Å². The average molecular weight is 613 g/mol. The van der Waals surface area contributed by atoms with Gasteiger partial charge in [0.2, 0.25) is 0 Å². The lowest BCUT2D eigenvalue weighted by atomic mass is 9.93. The van der Waals surface area contributed by atoms with Crippen LogP contribution in [0, 0.1) is 0 Å². The van der Waals surface area contributed by atoms with E-state index in [9.17, 15) is 26.3 Å². The smallest absolute Gasteiger partial charge is 0.310 e. The summed E-state index contributed by atoms with van der Waals surface area (Å²) in [6, 6.07) is 10.6. The highest BCUT2D eigenvalue weighted by atomic mass is 33.5. The fraction of sp³-hybridized carbons (Fsp3) is 0.571. The second-order valence-electron chi connectivity index (χ2n) is 10.6. The largest absolute Gasteiger partial charge is 0.416 e.